The molecule has 1 amide bonds. The van der Waals surface area contributed by atoms with Crippen LogP contribution in [0.3, 0.4) is 0 Å². The lowest BCUT2D eigenvalue weighted by Crippen LogP contribution is -2.39. The summed E-state index contributed by atoms with van der Waals surface area (Å²) in [5, 5.41) is 2.76. The zero-order valence-corrected chi connectivity index (χ0v) is 10.9. The Morgan fingerprint density at radius 3 is 2.71 bits per heavy atom. The highest BCUT2D eigenvalue weighted by atomic mass is 35.5. The molecule has 96 valence electrons. The van der Waals surface area contributed by atoms with Gasteiger partial charge < -0.3 is 15.8 Å². The van der Waals surface area contributed by atoms with Gasteiger partial charge in [-0.15, -0.1) is 12.4 Å². The Morgan fingerprint density at radius 2 is 2.12 bits per heavy atom. The van der Waals surface area contributed by atoms with E-state index in [1.54, 1.807) is 14.0 Å². The Hall–Kier alpha value is -1.26. The lowest BCUT2D eigenvalue weighted by atomic mass is 10.1. The van der Waals surface area contributed by atoms with E-state index in [0.717, 1.165) is 17.7 Å². The van der Waals surface area contributed by atoms with Gasteiger partial charge in [0, 0.05) is 6.54 Å². The normalized spacial score (nSPS) is 11.2. The molecule has 1 aromatic carbocycles. The fourth-order valence-electron chi connectivity index (χ4n) is 1.39. The molecular formula is C12H19ClN2O2. The average Bonchev–Trinajstić information content (AvgIpc) is 2.29. The van der Waals surface area contributed by atoms with Crippen molar-refractivity contribution in [3.05, 3.63) is 29.8 Å². The summed E-state index contributed by atoms with van der Waals surface area (Å²) >= 11 is 0. The molecule has 0 heterocycles. The van der Waals surface area contributed by atoms with E-state index >= 15 is 0 Å². The molecule has 17 heavy (non-hydrogen) atoms. The van der Waals surface area contributed by atoms with Crippen LogP contribution in [0.2, 0.25) is 0 Å². The van der Waals surface area contributed by atoms with Gasteiger partial charge in [-0.25, -0.2) is 0 Å². The van der Waals surface area contributed by atoms with Crippen LogP contribution in [-0.2, 0) is 11.2 Å². The molecule has 0 aliphatic heterocycles. The second-order valence-electron chi connectivity index (χ2n) is 3.64. The molecule has 0 saturated heterocycles. The molecule has 3 N–H and O–H groups in total. The van der Waals surface area contributed by atoms with E-state index in [2.05, 4.69) is 5.32 Å². The number of carbonyl (C=O) groups excluding carboxylic acids is 1. The third-order valence-corrected chi connectivity index (χ3v) is 2.30. The number of hydrogen-bond donors (Lipinski definition) is 2. The smallest absolute Gasteiger partial charge is 0.236 e. The van der Waals surface area contributed by atoms with Gasteiger partial charge in [0.25, 0.3) is 0 Å². The number of rotatable bonds is 5. The number of methoxy groups -OCH3 is 1. The number of nitrogens with two attached hydrogens (primary N) is 1. The zero-order chi connectivity index (χ0) is 12.0. The zero-order valence-electron chi connectivity index (χ0n) is 10.1. The third kappa shape index (κ3) is 5.06. The summed E-state index contributed by atoms with van der Waals surface area (Å²) in [6.07, 6.45) is 0.739. The minimum atomic E-state index is -0.460. The van der Waals surface area contributed by atoms with Crippen molar-refractivity contribution < 1.29 is 9.53 Å². The monoisotopic (exact) mass is 258 g/mol. The molecule has 0 bridgehead atoms. The van der Waals surface area contributed by atoms with Crippen molar-refractivity contribution in [2.75, 3.05) is 13.7 Å². The number of ether oxygens (including phenoxy) is 1. The van der Waals surface area contributed by atoms with Crippen molar-refractivity contribution in [1.29, 1.82) is 0 Å². The first-order chi connectivity index (χ1) is 7.65. The van der Waals surface area contributed by atoms with E-state index in [-0.39, 0.29) is 18.3 Å². The molecule has 0 aromatic heterocycles. The van der Waals surface area contributed by atoms with Crippen LogP contribution in [0, 0.1) is 0 Å². The van der Waals surface area contributed by atoms with Gasteiger partial charge in [-0.2, -0.15) is 0 Å². The van der Waals surface area contributed by atoms with Crippen molar-refractivity contribution in [3.8, 4) is 5.75 Å². The summed E-state index contributed by atoms with van der Waals surface area (Å²) in [6, 6.07) is 7.30. The first-order valence-electron chi connectivity index (χ1n) is 5.30. The number of para-hydroxylation sites is 1. The maximum absolute atomic E-state index is 11.2. The van der Waals surface area contributed by atoms with Crippen LogP contribution in [0.25, 0.3) is 0 Å². The van der Waals surface area contributed by atoms with E-state index in [1.807, 2.05) is 24.3 Å². The van der Waals surface area contributed by atoms with Gasteiger partial charge in [0.15, 0.2) is 0 Å². The Balaban J connectivity index is 0.00000256. The molecule has 5 heteroatoms. The molecule has 1 rings (SSSR count). The lowest BCUT2D eigenvalue weighted by Gasteiger charge is -2.10. The Bertz CT molecular complexity index is 356. The fraction of sp³-hybridized carbons (Fsp3) is 0.417. The first kappa shape index (κ1) is 15.7. The number of halogens is 1. The highest BCUT2D eigenvalue weighted by Crippen LogP contribution is 2.17. The lowest BCUT2D eigenvalue weighted by molar-refractivity contribution is -0.121. The number of carbonyl (C=O) groups is 1. The van der Waals surface area contributed by atoms with E-state index in [9.17, 15) is 4.79 Å². The molecule has 1 aromatic rings. The minimum absolute atomic E-state index is 0. The van der Waals surface area contributed by atoms with Gasteiger partial charge in [0.2, 0.25) is 5.91 Å². The van der Waals surface area contributed by atoms with Crippen LogP contribution < -0.4 is 15.8 Å². The number of benzene rings is 1. The molecule has 0 aliphatic carbocycles. The van der Waals surface area contributed by atoms with E-state index in [4.69, 9.17) is 10.5 Å². The molecule has 0 radical (unpaired) electrons. The second-order valence-corrected chi connectivity index (χ2v) is 3.64. The average molecular weight is 259 g/mol. The quantitative estimate of drug-likeness (QED) is 0.832. The first-order valence-corrected chi connectivity index (χ1v) is 5.30. The number of amides is 1. The molecule has 4 nitrogen and oxygen atoms in total. The van der Waals surface area contributed by atoms with Crippen LogP contribution >= 0.6 is 12.4 Å². The SMILES string of the molecule is COc1ccccc1CCNC(=O)C(C)N.Cl. The van der Waals surface area contributed by atoms with Gasteiger partial charge in [-0.1, -0.05) is 18.2 Å². The fourth-order valence-corrected chi connectivity index (χ4v) is 1.39. The summed E-state index contributed by atoms with van der Waals surface area (Å²) in [6.45, 7) is 2.24. The van der Waals surface area contributed by atoms with E-state index < -0.39 is 6.04 Å². The summed E-state index contributed by atoms with van der Waals surface area (Å²) < 4.78 is 5.21. The van der Waals surface area contributed by atoms with Crippen LogP contribution in [0.4, 0.5) is 0 Å². The van der Waals surface area contributed by atoms with Crippen LogP contribution in [-0.4, -0.2) is 25.6 Å². The predicted octanol–water partition coefficient (Wildman–Crippen LogP) is 1.12. The molecular weight excluding hydrogens is 240 g/mol. The molecule has 1 unspecified atom stereocenters. The van der Waals surface area contributed by atoms with E-state index in [0.29, 0.717) is 6.54 Å². The van der Waals surface area contributed by atoms with Crippen molar-refractivity contribution in [2.45, 2.75) is 19.4 Å². The maximum atomic E-state index is 11.2. The maximum Gasteiger partial charge on any atom is 0.236 e. The van der Waals surface area contributed by atoms with Crippen molar-refractivity contribution in [1.82, 2.24) is 5.32 Å². The van der Waals surface area contributed by atoms with Gasteiger partial charge in [0.05, 0.1) is 13.2 Å². The predicted molar refractivity (Wildman–Crippen MR) is 70.6 cm³/mol. The van der Waals surface area contributed by atoms with Crippen molar-refractivity contribution in [3.63, 3.8) is 0 Å². The Labute approximate surface area is 108 Å². The number of nitrogens with one attached hydrogen (secondary N) is 1. The van der Waals surface area contributed by atoms with Crippen LogP contribution in [0.5, 0.6) is 5.75 Å². The van der Waals surface area contributed by atoms with E-state index in [1.165, 1.54) is 0 Å². The van der Waals surface area contributed by atoms with Crippen LogP contribution in [0.15, 0.2) is 24.3 Å². The van der Waals surface area contributed by atoms with Gasteiger partial charge >= 0.3 is 0 Å². The molecule has 0 aliphatic rings. The highest BCUT2D eigenvalue weighted by molar-refractivity contribution is 5.85. The summed E-state index contributed by atoms with van der Waals surface area (Å²) in [5.41, 5.74) is 6.51. The Morgan fingerprint density at radius 1 is 1.47 bits per heavy atom. The van der Waals surface area contributed by atoms with Gasteiger partial charge in [-0.3, -0.25) is 4.79 Å². The minimum Gasteiger partial charge on any atom is -0.496 e. The molecule has 1 atom stereocenters. The summed E-state index contributed by atoms with van der Waals surface area (Å²) in [5.74, 6) is 0.715. The summed E-state index contributed by atoms with van der Waals surface area (Å²) in [7, 11) is 1.64. The van der Waals surface area contributed by atoms with Gasteiger partial charge in [-0.05, 0) is 25.0 Å². The van der Waals surface area contributed by atoms with Gasteiger partial charge in [0.1, 0.15) is 5.75 Å². The summed E-state index contributed by atoms with van der Waals surface area (Å²) in [4.78, 5) is 11.2. The molecule has 0 saturated carbocycles. The van der Waals surface area contributed by atoms with Crippen molar-refractivity contribution >= 4 is 18.3 Å². The molecule has 0 spiro atoms. The van der Waals surface area contributed by atoms with Crippen molar-refractivity contribution in [2.24, 2.45) is 5.73 Å². The standard InChI is InChI=1S/C12H18N2O2.ClH/c1-9(13)12(15)14-8-7-10-5-3-4-6-11(10)16-2;/h3-6,9H,7-8,13H2,1-2H3,(H,14,15);1H. The largest absolute Gasteiger partial charge is 0.496 e. The Kier molecular flexibility index (Phi) is 7.34. The number of hydrogen-bond acceptors (Lipinski definition) is 3. The van der Waals surface area contributed by atoms with Crippen LogP contribution in [0.1, 0.15) is 12.5 Å². The second kappa shape index (κ2) is 7.92. The molecule has 0 fully saturated rings. The topological polar surface area (TPSA) is 64.3 Å². The highest BCUT2D eigenvalue weighted by Gasteiger charge is 2.06. The third-order valence-electron chi connectivity index (χ3n) is 2.30.